The van der Waals surface area contributed by atoms with Gasteiger partial charge in [-0.05, 0) is 43.9 Å². The van der Waals surface area contributed by atoms with E-state index in [0.717, 1.165) is 34.7 Å². The molecule has 2 aromatic heterocycles. The number of thiophene rings is 1. The normalized spacial score (nSPS) is 20.3. The molecule has 0 saturated heterocycles. The summed E-state index contributed by atoms with van der Waals surface area (Å²) < 4.78 is 0. The van der Waals surface area contributed by atoms with E-state index in [4.69, 9.17) is 4.99 Å². The van der Waals surface area contributed by atoms with Crippen LogP contribution < -0.4 is 5.32 Å². The molecule has 1 aliphatic carbocycles. The Bertz CT molecular complexity index is 748. The number of pyridine rings is 1. The summed E-state index contributed by atoms with van der Waals surface area (Å²) in [5.41, 5.74) is 4.47. The van der Waals surface area contributed by atoms with Crippen molar-refractivity contribution in [2.24, 2.45) is 4.99 Å². The molecule has 0 saturated carbocycles. The second-order valence-corrected chi connectivity index (χ2v) is 6.55. The number of carbonyl (C=O) groups excluding carboxylic acids is 1. The van der Waals surface area contributed by atoms with Gasteiger partial charge in [-0.2, -0.15) is 0 Å². The molecule has 0 fully saturated rings. The van der Waals surface area contributed by atoms with E-state index in [-0.39, 0.29) is 11.9 Å². The van der Waals surface area contributed by atoms with Gasteiger partial charge in [-0.1, -0.05) is 0 Å². The third-order valence-corrected chi connectivity index (χ3v) is 5.26. The Balaban J connectivity index is 1.96. The monoisotopic (exact) mass is 297 g/mol. The van der Waals surface area contributed by atoms with Gasteiger partial charge in [-0.3, -0.25) is 14.8 Å². The molecule has 21 heavy (non-hydrogen) atoms. The van der Waals surface area contributed by atoms with Crippen LogP contribution in [-0.2, 0) is 17.6 Å². The molecule has 1 unspecified atom stereocenters. The van der Waals surface area contributed by atoms with Gasteiger partial charge in [0.25, 0.3) is 0 Å². The summed E-state index contributed by atoms with van der Waals surface area (Å²) in [6.45, 7) is 1.84. The molecular weight excluding hydrogens is 282 g/mol. The van der Waals surface area contributed by atoms with Gasteiger partial charge in [0.05, 0.1) is 5.71 Å². The standard InChI is InChI=1S/C16H15N3OS/c1-9-15(20)19-16-13(11-3-2-4-12(11)21-16)14(18-9)10-5-7-17-8-6-10/h5-9H,2-4H2,1H3,(H,19,20). The molecule has 0 bridgehead atoms. The minimum atomic E-state index is -0.371. The lowest BCUT2D eigenvalue weighted by Gasteiger charge is -2.08. The Kier molecular flexibility index (Phi) is 2.89. The molecule has 0 radical (unpaired) electrons. The largest absolute Gasteiger partial charge is 0.315 e. The highest BCUT2D eigenvalue weighted by molar-refractivity contribution is 7.17. The van der Waals surface area contributed by atoms with Crippen LogP contribution >= 0.6 is 11.3 Å². The molecule has 4 nitrogen and oxygen atoms in total. The number of aromatic nitrogens is 1. The fourth-order valence-corrected chi connectivity index (χ4v) is 4.30. The minimum Gasteiger partial charge on any atom is -0.315 e. The van der Waals surface area contributed by atoms with E-state index < -0.39 is 0 Å². The van der Waals surface area contributed by atoms with E-state index in [0.29, 0.717) is 0 Å². The molecule has 2 aliphatic rings. The highest BCUT2D eigenvalue weighted by atomic mass is 32.1. The molecule has 0 aromatic carbocycles. The Hall–Kier alpha value is -2.01. The molecule has 1 amide bonds. The molecule has 3 heterocycles. The van der Waals surface area contributed by atoms with Crippen molar-refractivity contribution in [1.82, 2.24) is 4.98 Å². The van der Waals surface area contributed by atoms with E-state index in [1.54, 1.807) is 23.7 Å². The van der Waals surface area contributed by atoms with Crippen molar-refractivity contribution >= 4 is 28.0 Å². The van der Waals surface area contributed by atoms with Crippen LogP contribution in [0.25, 0.3) is 0 Å². The second-order valence-electron chi connectivity index (χ2n) is 5.44. The summed E-state index contributed by atoms with van der Waals surface area (Å²) in [6.07, 6.45) is 6.93. The highest BCUT2D eigenvalue weighted by Crippen LogP contribution is 2.41. The molecular formula is C16H15N3OS. The zero-order valence-electron chi connectivity index (χ0n) is 11.7. The molecule has 5 heteroatoms. The lowest BCUT2D eigenvalue weighted by atomic mass is 10.00. The van der Waals surface area contributed by atoms with Crippen molar-refractivity contribution in [3.8, 4) is 0 Å². The van der Waals surface area contributed by atoms with E-state index in [9.17, 15) is 4.79 Å². The maximum atomic E-state index is 12.2. The topological polar surface area (TPSA) is 54.4 Å². The lowest BCUT2D eigenvalue weighted by Crippen LogP contribution is -2.21. The Morgan fingerprint density at radius 2 is 2.10 bits per heavy atom. The zero-order chi connectivity index (χ0) is 14.4. The summed E-state index contributed by atoms with van der Waals surface area (Å²) in [7, 11) is 0. The van der Waals surface area contributed by atoms with Gasteiger partial charge in [0, 0.05) is 28.4 Å². The number of aryl methyl sites for hydroxylation is 1. The average molecular weight is 297 g/mol. The van der Waals surface area contributed by atoms with Crippen LogP contribution in [0.5, 0.6) is 0 Å². The number of amides is 1. The van der Waals surface area contributed by atoms with Crippen LogP contribution in [0.3, 0.4) is 0 Å². The average Bonchev–Trinajstić information content (AvgIpc) is 3.03. The van der Waals surface area contributed by atoms with E-state index in [1.165, 1.54) is 16.9 Å². The highest BCUT2D eigenvalue weighted by Gasteiger charge is 2.30. The SMILES string of the molecule is CC1N=C(c2ccncc2)c2c(sc3c2CCC3)NC1=O. The molecule has 1 aliphatic heterocycles. The maximum absolute atomic E-state index is 12.2. The van der Waals surface area contributed by atoms with Gasteiger partial charge >= 0.3 is 0 Å². The Morgan fingerprint density at radius 3 is 2.90 bits per heavy atom. The Morgan fingerprint density at radius 1 is 1.29 bits per heavy atom. The third-order valence-electron chi connectivity index (χ3n) is 4.05. The van der Waals surface area contributed by atoms with Crippen molar-refractivity contribution in [1.29, 1.82) is 0 Å². The number of anilines is 1. The van der Waals surface area contributed by atoms with Crippen molar-refractivity contribution in [2.75, 3.05) is 5.32 Å². The third kappa shape index (κ3) is 2.00. The number of hydrogen-bond acceptors (Lipinski definition) is 4. The summed E-state index contributed by atoms with van der Waals surface area (Å²) in [4.78, 5) is 22.3. The number of fused-ring (bicyclic) bond motifs is 3. The van der Waals surface area contributed by atoms with Crippen molar-refractivity contribution in [2.45, 2.75) is 32.2 Å². The molecule has 4 rings (SSSR count). The van der Waals surface area contributed by atoms with Crippen LogP contribution in [-0.4, -0.2) is 22.6 Å². The fraction of sp³-hybridized carbons (Fsp3) is 0.312. The van der Waals surface area contributed by atoms with E-state index in [1.807, 2.05) is 19.1 Å². The van der Waals surface area contributed by atoms with Gasteiger partial charge in [-0.15, -0.1) is 11.3 Å². The van der Waals surface area contributed by atoms with Gasteiger partial charge in [0.1, 0.15) is 11.0 Å². The predicted molar refractivity (Wildman–Crippen MR) is 84.3 cm³/mol. The van der Waals surface area contributed by atoms with E-state index >= 15 is 0 Å². The first kappa shape index (κ1) is 12.7. The van der Waals surface area contributed by atoms with Crippen molar-refractivity contribution in [3.05, 3.63) is 46.1 Å². The molecule has 1 atom stereocenters. The number of rotatable bonds is 1. The van der Waals surface area contributed by atoms with Gasteiger partial charge in [0.15, 0.2) is 0 Å². The van der Waals surface area contributed by atoms with Crippen LogP contribution in [0, 0.1) is 0 Å². The van der Waals surface area contributed by atoms with Crippen LogP contribution in [0.15, 0.2) is 29.5 Å². The maximum Gasteiger partial charge on any atom is 0.249 e. The van der Waals surface area contributed by atoms with Crippen molar-refractivity contribution < 1.29 is 4.79 Å². The second kappa shape index (κ2) is 4.77. The zero-order valence-corrected chi connectivity index (χ0v) is 12.5. The summed E-state index contributed by atoms with van der Waals surface area (Å²) in [5, 5.41) is 4.01. The number of nitrogens with one attached hydrogen (secondary N) is 1. The quantitative estimate of drug-likeness (QED) is 0.880. The smallest absolute Gasteiger partial charge is 0.249 e. The van der Waals surface area contributed by atoms with Crippen molar-refractivity contribution in [3.63, 3.8) is 0 Å². The molecule has 2 aromatic rings. The summed E-state index contributed by atoms with van der Waals surface area (Å²) >= 11 is 1.71. The van der Waals surface area contributed by atoms with Gasteiger partial charge < -0.3 is 5.32 Å². The molecule has 1 N–H and O–H groups in total. The first-order valence-electron chi connectivity index (χ1n) is 7.18. The lowest BCUT2D eigenvalue weighted by molar-refractivity contribution is -0.116. The van der Waals surface area contributed by atoms with Gasteiger partial charge in [0.2, 0.25) is 5.91 Å². The molecule has 0 spiro atoms. The first-order chi connectivity index (χ1) is 10.2. The van der Waals surface area contributed by atoms with Crippen LogP contribution in [0.4, 0.5) is 5.00 Å². The number of carbonyl (C=O) groups is 1. The predicted octanol–water partition coefficient (Wildman–Crippen LogP) is 2.81. The number of nitrogens with zero attached hydrogens (tertiary/aromatic N) is 2. The van der Waals surface area contributed by atoms with Crippen LogP contribution in [0.2, 0.25) is 0 Å². The first-order valence-corrected chi connectivity index (χ1v) is 7.99. The summed E-state index contributed by atoms with van der Waals surface area (Å²) in [5.74, 6) is -0.0276. The van der Waals surface area contributed by atoms with E-state index in [2.05, 4.69) is 10.3 Å². The molecule has 106 valence electrons. The fourth-order valence-electron chi connectivity index (χ4n) is 3.00. The Labute approximate surface area is 126 Å². The minimum absolute atomic E-state index is 0.0276. The van der Waals surface area contributed by atoms with Crippen LogP contribution in [0.1, 0.15) is 34.9 Å². The number of hydrogen-bond donors (Lipinski definition) is 1. The number of aliphatic imine (C=N–C) groups is 1. The van der Waals surface area contributed by atoms with Gasteiger partial charge in [-0.25, -0.2) is 0 Å². The summed E-state index contributed by atoms with van der Waals surface area (Å²) in [6, 6.07) is 3.55.